The molecule has 26 heavy (non-hydrogen) atoms. The summed E-state index contributed by atoms with van der Waals surface area (Å²) in [7, 11) is 0. The number of aryl methyl sites for hydroxylation is 1. The molecule has 0 spiro atoms. The molecule has 0 bridgehead atoms. The first kappa shape index (κ1) is 18.0. The van der Waals surface area contributed by atoms with Crippen LogP contribution in [0.5, 0.6) is 5.75 Å². The van der Waals surface area contributed by atoms with Gasteiger partial charge in [0, 0.05) is 23.3 Å². The number of alkyl halides is 2. The van der Waals surface area contributed by atoms with Crippen molar-refractivity contribution in [1.82, 2.24) is 4.98 Å². The number of hydrogen-bond donors (Lipinski definition) is 2. The van der Waals surface area contributed by atoms with Crippen LogP contribution in [0.15, 0.2) is 48.5 Å². The Kier molecular flexibility index (Phi) is 5.27. The van der Waals surface area contributed by atoms with E-state index in [-0.39, 0.29) is 18.1 Å². The van der Waals surface area contributed by atoms with Gasteiger partial charge in [0.1, 0.15) is 11.6 Å². The molecule has 1 unspecified atom stereocenters. The van der Waals surface area contributed by atoms with Gasteiger partial charge in [0.25, 0.3) is 0 Å². The van der Waals surface area contributed by atoms with Gasteiger partial charge in [-0.25, -0.2) is 4.39 Å². The van der Waals surface area contributed by atoms with Gasteiger partial charge in [-0.2, -0.15) is 8.78 Å². The number of ether oxygens (including phenoxy) is 1. The Morgan fingerprint density at radius 3 is 2.54 bits per heavy atom. The summed E-state index contributed by atoms with van der Waals surface area (Å²) in [6.07, 6.45) is -0.882. The Balaban J connectivity index is 1.74. The molecule has 2 aromatic carbocycles. The van der Waals surface area contributed by atoms with Crippen LogP contribution in [0.25, 0.3) is 10.9 Å². The summed E-state index contributed by atoms with van der Waals surface area (Å²) in [6, 6.07) is 11.9. The standard InChI is InChI=1S/C19H17F3N2O2/c1-11-8-17(15-9-13(20)4-7-16(15)24-11)23-10-18(25)12-2-5-14(6-3-12)26-19(21)22/h2-9,18-19,25H,10H2,1H3,(H,23,24). The minimum Gasteiger partial charge on any atom is -0.435 e. The average Bonchev–Trinajstić information content (AvgIpc) is 2.60. The maximum atomic E-state index is 13.5. The van der Waals surface area contributed by atoms with E-state index in [0.717, 1.165) is 5.69 Å². The highest BCUT2D eigenvalue weighted by molar-refractivity contribution is 5.91. The first-order valence-corrected chi connectivity index (χ1v) is 7.96. The summed E-state index contributed by atoms with van der Waals surface area (Å²) < 4.78 is 42.1. The fraction of sp³-hybridized carbons (Fsp3) is 0.211. The van der Waals surface area contributed by atoms with Crippen molar-refractivity contribution in [2.45, 2.75) is 19.6 Å². The number of pyridine rings is 1. The van der Waals surface area contributed by atoms with Crippen molar-refractivity contribution in [2.24, 2.45) is 0 Å². The predicted octanol–water partition coefficient (Wildman–Crippen LogP) is 4.43. The van der Waals surface area contributed by atoms with E-state index in [1.807, 2.05) is 6.92 Å². The molecule has 1 aromatic heterocycles. The number of aliphatic hydroxyl groups is 1. The maximum absolute atomic E-state index is 13.5. The highest BCUT2D eigenvalue weighted by Crippen LogP contribution is 2.25. The maximum Gasteiger partial charge on any atom is 0.387 e. The SMILES string of the molecule is Cc1cc(NCC(O)c2ccc(OC(F)F)cc2)c2cc(F)ccc2n1. The van der Waals surface area contributed by atoms with E-state index >= 15 is 0 Å². The van der Waals surface area contributed by atoms with Crippen molar-refractivity contribution in [2.75, 3.05) is 11.9 Å². The van der Waals surface area contributed by atoms with Crippen LogP contribution in [0.1, 0.15) is 17.4 Å². The Morgan fingerprint density at radius 2 is 1.85 bits per heavy atom. The Labute approximate surface area is 148 Å². The minimum atomic E-state index is -2.89. The minimum absolute atomic E-state index is 0.0233. The van der Waals surface area contributed by atoms with Crippen LogP contribution in [0, 0.1) is 12.7 Å². The summed E-state index contributed by atoms with van der Waals surface area (Å²) in [6.45, 7) is -0.910. The van der Waals surface area contributed by atoms with E-state index in [9.17, 15) is 18.3 Å². The van der Waals surface area contributed by atoms with Gasteiger partial charge in [0.15, 0.2) is 0 Å². The van der Waals surface area contributed by atoms with Crippen LogP contribution in [0.4, 0.5) is 18.9 Å². The van der Waals surface area contributed by atoms with Crippen LogP contribution < -0.4 is 10.1 Å². The lowest BCUT2D eigenvalue weighted by Gasteiger charge is -2.16. The third-order valence-electron chi connectivity index (χ3n) is 3.87. The second-order valence-electron chi connectivity index (χ2n) is 5.82. The van der Waals surface area contributed by atoms with E-state index in [0.29, 0.717) is 22.2 Å². The molecule has 2 N–H and O–H groups in total. The Morgan fingerprint density at radius 1 is 1.12 bits per heavy atom. The molecule has 0 saturated heterocycles. The van der Waals surface area contributed by atoms with Crippen molar-refractivity contribution < 1.29 is 23.0 Å². The predicted molar refractivity (Wildman–Crippen MR) is 93.0 cm³/mol. The fourth-order valence-corrected chi connectivity index (χ4v) is 2.67. The van der Waals surface area contributed by atoms with Gasteiger partial charge in [-0.05, 0) is 48.9 Å². The number of benzene rings is 2. The molecule has 3 aromatic rings. The topological polar surface area (TPSA) is 54.4 Å². The Hall–Kier alpha value is -2.80. The molecule has 7 heteroatoms. The first-order valence-electron chi connectivity index (χ1n) is 7.96. The number of nitrogens with zero attached hydrogens (tertiary/aromatic N) is 1. The number of halogens is 3. The Bertz CT molecular complexity index is 901. The van der Waals surface area contributed by atoms with Crippen LogP contribution in [0.2, 0.25) is 0 Å². The van der Waals surface area contributed by atoms with Crippen molar-refractivity contribution in [1.29, 1.82) is 0 Å². The van der Waals surface area contributed by atoms with Gasteiger partial charge in [-0.3, -0.25) is 4.98 Å². The van der Waals surface area contributed by atoms with Gasteiger partial charge in [-0.1, -0.05) is 12.1 Å². The van der Waals surface area contributed by atoms with Gasteiger partial charge in [0.05, 0.1) is 11.6 Å². The lowest BCUT2D eigenvalue weighted by molar-refractivity contribution is -0.0498. The number of anilines is 1. The lowest BCUT2D eigenvalue weighted by atomic mass is 10.1. The zero-order valence-corrected chi connectivity index (χ0v) is 13.9. The second-order valence-corrected chi connectivity index (χ2v) is 5.82. The molecule has 0 aliphatic carbocycles. The molecule has 0 amide bonds. The first-order chi connectivity index (χ1) is 12.4. The van der Waals surface area contributed by atoms with E-state index in [1.54, 1.807) is 12.1 Å². The van der Waals surface area contributed by atoms with Crippen LogP contribution in [-0.2, 0) is 0 Å². The lowest BCUT2D eigenvalue weighted by Crippen LogP contribution is -2.13. The average molecular weight is 362 g/mol. The van der Waals surface area contributed by atoms with Crippen molar-refractivity contribution in [3.8, 4) is 5.75 Å². The molecule has 1 heterocycles. The summed E-state index contributed by atoms with van der Waals surface area (Å²) in [5.41, 5.74) is 2.61. The van der Waals surface area contributed by atoms with Crippen molar-refractivity contribution >= 4 is 16.6 Å². The van der Waals surface area contributed by atoms with E-state index in [2.05, 4.69) is 15.0 Å². The number of aromatic nitrogens is 1. The molecule has 3 rings (SSSR count). The van der Waals surface area contributed by atoms with Gasteiger partial charge in [-0.15, -0.1) is 0 Å². The third kappa shape index (κ3) is 4.23. The summed E-state index contributed by atoms with van der Waals surface area (Å²) in [5, 5.41) is 14.0. The smallest absolute Gasteiger partial charge is 0.387 e. The molecule has 0 fully saturated rings. The van der Waals surface area contributed by atoms with Crippen molar-refractivity contribution in [3.05, 3.63) is 65.6 Å². The molecule has 136 valence electrons. The normalized spacial score (nSPS) is 12.4. The largest absolute Gasteiger partial charge is 0.435 e. The van der Waals surface area contributed by atoms with Crippen LogP contribution in [0.3, 0.4) is 0 Å². The van der Waals surface area contributed by atoms with Crippen LogP contribution in [-0.4, -0.2) is 23.2 Å². The number of hydrogen-bond acceptors (Lipinski definition) is 4. The second kappa shape index (κ2) is 7.61. The van der Waals surface area contributed by atoms with Gasteiger partial charge < -0.3 is 15.2 Å². The quantitative estimate of drug-likeness (QED) is 0.681. The number of nitrogens with one attached hydrogen (secondary N) is 1. The summed E-state index contributed by atoms with van der Waals surface area (Å²) in [5.74, 6) is -0.350. The van der Waals surface area contributed by atoms with Crippen LogP contribution >= 0.6 is 0 Å². The molecular weight excluding hydrogens is 345 g/mol. The molecular formula is C19H17F3N2O2. The zero-order valence-electron chi connectivity index (χ0n) is 13.9. The number of fused-ring (bicyclic) bond motifs is 1. The molecule has 0 aliphatic rings. The highest BCUT2D eigenvalue weighted by atomic mass is 19.3. The third-order valence-corrected chi connectivity index (χ3v) is 3.87. The number of aliphatic hydroxyl groups excluding tert-OH is 1. The van der Waals surface area contributed by atoms with Crippen molar-refractivity contribution in [3.63, 3.8) is 0 Å². The van der Waals surface area contributed by atoms with E-state index in [1.165, 1.54) is 36.4 Å². The zero-order chi connectivity index (χ0) is 18.7. The van der Waals surface area contributed by atoms with E-state index < -0.39 is 12.7 Å². The molecule has 0 aliphatic heterocycles. The van der Waals surface area contributed by atoms with Gasteiger partial charge >= 0.3 is 6.61 Å². The van der Waals surface area contributed by atoms with E-state index in [4.69, 9.17) is 0 Å². The molecule has 0 saturated carbocycles. The number of rotatable bonds is 6. The summed E-state index contributed by atoms with van der Waals surface area (Å²) >= 11 is 0. The molecule has 0 radical (unpaired) electrons. The molecule has 1 atom stereocenters. The summed E-state index contributed by atoms with van der Waals surface area (Å²) in [4.78, 5) is 4.35. The fourth-order valence-electron chi connectivity index (χ4n) is 2.67. The molecule has 4 nitrogen and oxygen atoms in total. The monoisotopic (exact) mass is 362 g/mol. The van der Waals surface area contributed by atoms with Gasteiger partial charge in [0.2, 0.25) is 0 Å². The highest BCUT2D eigenvalue weighted by Gasteiger charge is 2.11.